The molecule has 0 unspecified atom stereocenters. The molecule has 25 heavy (non-hydrogen) atoms. The van der Waals surface area contributed by atoms with Gasteiger partial charge in [-0.25, -0.2) is 0 Å². The molecule has 0 aliphatic carbocycles. The molecule has 0 bridgehead atoms. The number of aliphatic hydroxyl groups excluding tert-OH is 2. The molecule has 3 rings (SSSR count). The molecule has 8 heteroatoms. The van der Waals surface area contributed by atoms with Crippen molar-refractivity contribution in [2.24, 2.45) is 0 Å². The summed E-state index contributed by atoms with van der Waals surface area (Å²) in [6.07, 6.45) is -0.856. The van der Waals surface area contributed by atoms with Gasteiger partial charge in [0.05, 0.1) is 0 Å². The summed E-state index contributed by atoms with van der Waals surface area (Å²) in [6, 6.07) is 9.79. The molecule has 7 nitrogen and oxygen atoms in total. The molecule has 1 aromatic heterocycles. The Morgan fingerprint density at radius 3 is 2.76 bits per heavy atom. The van der Waals surface area contributed by atoms with E-state index in [0.717, 1.165) is 3.61 Å². The summed E-state index contributed by atoms with van der Waals surface area (Å²) in [7, 11) is 0. The number of nitrogens with zero attached hydrogens (tertiary/aromatic N) is 1. The van der Waals surface area contributed by atoms with Gasteiger partial charge in [0.25, 0.3) is 0 Å². The quantitative estimate of drug-likeness (QED) is 0.386. The van der Waals surface area contributed by atoms with Crippen LogP contribution in [0, 0.1) is 9.89 Å². The SMILES string of the molecule is O=c1[nH]c(=O)n([C@H]2C[C@H](O)[C@@H](CO)O2)cc1C#C[Te]c1ccccc1. The van der Waals surface area contributed by atoms with E-state index in [9.17, 15) is 14.7 Å². The summed E-state index contributed by atoms with van der Waals surface area (Å²) in [4.78, 5) is 26.2. The second kappa shape index (κ2) is 8.01. The van der Waals surface area contributed by atoms with Gasteiger partial charge in [0.1, 0.15) is 0 Å². The Morgan fingerprint density at radius 1 is 1.32 bits per heavy atom. The molecular formula is C17H16N2O5Te. The van der Waals surface area contributed by atoms with Gasteiger partial charge in [-0.2, -0.15) is 0 Å². The molecule has 3 atom stereocenters. The molecule has 1 aliphatic rings. The molecule has 2 heterocycles. The zero-order valence-electron chi connectivity index (χ0n) is 13.1. The van der Waals surface area contributed by atoms with E-state index in [-0.39, 0.29) is 18.6 Å². The van der Waals surface area contributed by atoms with Gasteiger partial charge < -0.3 is 0 Å². The van der Waals surface area contributed by atoms with Crippen molar-refractivity contribution in [1.82, 2.24) is 9.55 Å². The number of rotatable bonds is 3. The van der Waals surface area contributed by atoms with Crippen molar-refractivity contribution in [3.05, 3.63) is 62.9 Å². The number of H-pyrrole nitrogens is 1. The number of benzene rings is 1. The third-order valence-electron chi connectivity index (χ3n) is 3.76. The molecule has 1 fully saturated rings. The van der Waals surface area contributed by atoms with Crippen LogP contribution in [0.25, 0.3) is 0 Å². The van der Waals surface area contributed by atoms with Gasteiger partial charge in [-0.05, 0) is 0 Å². The normalized spacial score (nSPS) is 22.4. The molecule has 1 aromatic carbocycles. The number of aromatic nitrogens is 2. The zero-order valence-corrected chi connectivity index (χ0v) is 15.4. The maximum absolute atomic E-state index is 12.0. The van der Waals surface area contributed by atoms with Crippen molar-refractivity contribution in [2.75, 3.05) is 6.61 Å². The molecule has 1 aliphatic heterocycles. The third kappa shape index (κ3) is 4.21. The number of hydrogen-bond donors (Lipinski definition) is 3. The van der Waals surface area contributed by atoms with E-state index < -0.39 is 50.6 Å². The second-order valence-corrected chi connectivity index (χ2v) is 7.98. The first-order valence-corrected chi connectivity index (χ1v) is 9.94. The fourth-order valence-corrected chi connectivity index (χ4v) is 4.10. The summed E-state index contributed by atoms with van der Waals surface area (Å²) >= 11 is -0.753. The summed E-state index contributed by atoms with van der Waals surface area (Å²) < 4.78 is 10.9. The molecule has 0 saturated carbocycles. The van der Waals surface area contributed by atoms with Crippen molar-refractivity contribution in [2.45, 2.75) is 24.9 Å². The molecular weight excluding hydrogens is 440 g/mol. The van der Waals surface area contributed by atoms with Gasteiger partial charge in [-0.3, -0.25) is 0 Å². The van der Waals surface area contributed by atoms with Crippen LogP contribution in [0.2, 0.25) is 0 Å². The summed E-state index contributed by atoms with van der Waals surface area (Å²) in [5, 5.41) is 19.0. The van der Waals surface area contributed by atoms with E-state index in [1.54, 1.807) is 0 Å². The van der Waals surface area contributed by atoms with Crippen LogP contribution in [0.3, 0.4) is 0 Å². The van der Waals surface area contributed by atoms with E-state index in [4.69, 9.17) is 9.84 Å². The molecule has 3 N–H and O–H groups in total. The van der Waals surface area contributed by atoms with Crippen molar-refractivity contribution in [3.63, 3.8) is 0 Å². The van der Waals surface area contributed by atoms with Gasteiger partial charge in [0.15, 0.2) is 0 Å². The van der Waals surface area contributed by atoms with Gasteiger partial charge in [0.2, 0.25) is 0 Å². The molecule has 0 radical (unpaired) electrons. The molecule has 130 valence electrons. The number of hydrogen-bond acceptors (Lipinski definition) is 5. The molecule has 2 aromatic rings. The van der Waals surface area contributed by atoms with Crippen molar-refractivity contribution < 1.29 is 14.9 Å². The van der Waals surface area contributed by atoms with Crippen LogP contribution in [0.15, 0.2) is 46.1 Å². The molecule has 0 spiro atoms. The van der Waals surface area contributed by atoms with Gasteiger partial charge in [-0.1, -0.05) is 0 Å². The number of aromatic amines is 1. The van der Waals surface area contributed by atoms with E-state index in [1.165, 1.54) is 10.8 Å². The van der Waals surface area contributed by atoms with Crippen molar-refractivity contribution >= 4 is 24.5 Å². The third-order valence-corrected chi connectivity index (χ3v) is 5.79. The summed E-state index contributed by atoms with van der Waals surface area (Å²) in [6.45, 7) is -0.343. The Hall–Kier alpha value is -1.87. The average molecular weight is 456 g/mol. The topological polar surface area (TPSA) is 105 Å². The first-order chi connectivity index (χ1) is 12.1. The molecule has 1 saturated heterocycles. The Morgan fingerprint density at radius 2 is 2.08 bits per heavy atom. The van der Waals surface area contributed by atoms with Crippen molar-refractivity contribution in [1.29, 1.82) is 0 Å². The standard InChI is InChI=1S/C17H16N2O5Te/c20-10-14-13(21)8-15(24-14)19-9-11(16(22)18-17(19)23)6-7-25-12-4-2-1-3-5-12/h1-5,9,13-15,20-21H,8,10H2,(H,18,22,23)/t13-,14+,15+/m0/s1. The van der Waals surface area contributed by atoms with Crippen LogP contribution in [0.4, 0.5) is 0 Å². The van der Waals surface area contributed by atoms with Gasteiger partial charge in [-0.15, -0.1) is 0 Å². The minimum atomic E-state index is -0.867. The van der Waals surface area contributed by atoms with Crippen LogP contribution in [-0.2, 0) is 4.74 Å². The van der Waals surface area contributed by atoms with Crippen LogP contribution in [0.1, 0.15) is 18.2 Å². The van der Waals surface area contributed by atoms with Crippen LogP contribution >= 0.6 is 0 Å². The Bertz CT molecular complexity index is 912. The number of ether oxygens (including phenoxy) is 1. The molecule has 0 amide bonds. The fourth-order valence-electron chi connectivity index (χ4n) is 2.47. The van der Waals surface area contributed by atoms with Gasteiger partial charge >= 0.3 is 153 Å². The summed E-state index contributed by atoms with van der Waals surface area (Å²) in [5.74, 6) is 2.83. The van der Waals surface area contributed by atoms with Crippen LogP contribution in [-0.4, -0.2) is 59.5 Å². The number of aliphatic hydroxyl groups is 2. The fraction of sp³-hybridized carbons (Fsp3) is 0.294. The van der Waals surface area contributed by atoms with E-state index in [1.807, 2.05) is 30.3 Å². The minimum absolute atomic E-state index is 0.155. The number of nitrogens with one attached hydrogen (secondary N) is 1. The van der Waals surface area contributed by atoms with Gasteiger partial charge in [0, 0.05) is 0 Å². The monoisotopic (exact) mass is 458 g/mol. The van der Waals surface area contributed by atoms with Crippen LogP contribution < -0.4 is 14.9 Å². The predicted octanol–water partition coefficient (Wildman–Crippen LogP) is -1.48. The Labute approximate surface area is 153 Å². The first-order valence-electron chi connectivity index (χ1n) is 7.61. The Balaban J connectivity index is 1.85. The van der Waals surface area contributed by atoms with Crippen LogP contribution in [0.5, 0.6) is 0 Å². The van der Waals surface area contributed by atoms with E-state index in [0.29, 0.717) is 0 Å². The Kier molecular flexibility index (Phi) is 5.74. The van der Waals surface area contributed by atoms with E-state index in [2.05, 4.69) is 14.9 Å². The average Bonchev–Trinajstić information content (AvgIpc) is 2.98. The first kappa shape index (κ1) is 17.9. The summed E-state index contributed by atoms with van der Waals surface area (Å²) in [5.41, 5.74) is -1.01. The van der Waals surface area contributed by atoms with Crippen molar-refractivity contribution in [3.8, 4) is 9.89 Å². The predicted molar refractivity (Wildman–Crippen MR) is 91.7 cm³/mol. The van der Waals surface area contributed by atoms with E-state index >= 15 is 0 Å². The zero-order chi connectivity index (χ0) is 17.8. The maximum atomic E-state index is 12.0. The second-order valence-electron chi connectivity index (χ2n) is 5.47.